The van der Waals surface area contributed by atoms with E-state index in [2.05, 4.69) is 36.1 Å². The summed E-state index contributed by atoms with van der Waals surface area (Å²) in [5, 5.41) is 12.2. The molecule has 0 unspecified atom stereocenters. The van der Waals surface area contributed by atoms with Gasteiger partial charge in [-0.2, -0.15) is 14.0 Å². The highest BCUT2D eigenvalue weighted by Crippen LogP contribution is 2.27. The third-order valence-electron chi connectivity index (χ3n) is 1.80. The largest absolute Gasteiger partial charge is 0.336 e. The Morgan fingerprint density at radius 1 is 1.44 bits per heavy atom. The molecule has 0 aliphatic rings. The average molecular weight is 316 g/mol. The van der Waals surface area contributed by atoms with E-state index < -0.39 is 0 Å². The van der Waals surface area contributed by atoms with Crippen molar-refractivity contribution in [3.8, 4) is 6.07 Å². The molecule has 0 fully saturated rings. The molecule has 7 heteroatoms. The minimum atomic E-state index is 0.300. The summed E-state index contributed by atoms with van der Waals surface area (Å²) >= 11 is 10.2. The number of hydrogen-bond donors (Lipinski definition) is 1. The lowest BCUT2D eigenvalue weighted by Crippen LogP contribution is -1.94. The van der Waals surface area contributed by atoms with E-state index in [1.54, 1.807) is 18.2 Å². The van der Waals surface area contributed by atoms with Gasteiger partial charge in [-0.3, -0.25) is 0 Å². The van der Waals surface area contributed by atoms with Gasteiger partial charge >= 0.3 is 0 Å². The van der Waals surface area contributed by atoms with E-state index in [4.69, 9.17) is 16.9 Å². The van der Waals surface area contributed by atoms with Crippen LogP contribution in [0.5, 0.6) is 0 Å². The van der Waals surface area contributed by atoms with Crippen LogP contribution >= 0.6 is 39.3 Å². The van der Waals surface area contributed by atoms with Crippen LogP contribution in [0.25, 0.3) is 0 Å². The molecule has 1 aromatic carbocycles. The van der Waals surface area contributed by atoms with Crippen LogP contribution in [0.1, 0.15) is 5.56 Å². The Morgan fingerprint density at radius 2 is 2.25 bits per heavy atom. The van der Waals surface area contributed by atoms with Gasteiger partial charge in [0.25, 0.3) is 0 Å². The van der Waals surface area contributed by atoms with E-state index >= 15 is 0 Å². The summed E-state index contributed by atoms with van der Waals surface area (Å²) in [7, 11) is 0. The molecule has 80 valence electrons. The molecular weight excluding hydrogens is 312 g/mol. The molecule has 1 N–H and O–H groups in total. The fourth-order valence-corrected chi connectivity index (χ4v) is 2.10. The Hall–Kier alpha value is -1.16. The molecular formula is C9H4BrClN4S. The van der Waals surface area contributed by atoms with Gasteiger partial charge in [-0.1, -0.05) is 27.5 Å². The normalized spacial score (nSPS) is 9.81. The molecule has 0 amide bonds. The molecule has 2 rings (SSSR count). The van der Waals surface area contributed by atoms with Crippen LogP contribution in [0, 0.1) is 11.3 Å². The van der Waals surface area contributed by atoms with Gasteiger partial charge in [-0.05, 0) is 18.2 Å². The van der Waals surface area contributed by atoms with Crippen LogP contribution in [-0.4, -0.2) is 8.75 Å². The molecule has 1 heterocycles. The summed E-state index contributed by atoms with van der Waals surface area (Å²) in [4.78, 5) is 0. The molecule has 16 heavy (non-hydrogen) atoms. The topological polar surface area (TPSA) is 61.6 Å². The molecule has 0 bridgehead atoms. The van der Waals surface area contributed by atoms with Gasteiger partial charge in [-0.15, -0.1) is 0 Å². The second kappa shape index (κ2) is 4.78. The predicted molar refractivity (Wildman–Crippen MR) is 67.1 cm³/mol. The van der Waals surface area contributed by atoms with E-state index in [1.165, 1.54) is 0 Å². The summed E-state index contributed by atoms with van der Waals surface area (Å²) in [5.41, 5.74) is 1.17. The van der Waals surface area contributed by atoms with Gasteiger partial charge in [0.05, 0.1) is 23.0 Å². The van der Waals surface area contributed by atoms with Gasteiger partial charge in [-0.25, -0.2) is 0 Å². The summed E-state index contributed by atoms with van der Waals surface area (Å²) in [6, 6.07) is 7.37. The summed E-state index contributed by atoms with van der Waals surface area (Å²) in [5.74, 6) is 0.460. The quantitative estimate of drug-likeness (QED) is 0.920. The highest BCUT2D eigenvalue weighted by atomic mass is 79.9. The third-order valence-corrected chi connectivity index (χ3v) is 3.19. The van der Waals surface area contributed by atoms with Crippen LogP contribution in [0.3, 0.4) is 0 Å². The highest BCUT2D eigenvalue weighted by Gasteiger charge is 2.08. The zero-order valence-corrected chi connectivity index (χ0v) is 10.9. The SMILES string of the molecule is N#Cc1ccc(Br)cc1Nc1nsnc1Cl. The molecule has 0 atom stereocenters. The van der Waals surface area contributed by atoms with Gasteiger partial charge in [0.2, 0.25) is 0 Å². The molecule has 0 saturated heterocycles. The first-order chi connectivity index (χ1) is 7.70. The molecule has 4 nitrogen and oxygen atoms in total. The van der Waals surface area contributed by atoms with E-state index in [9.17, 15) is 0 Å². The van der Waals surface area contributed by atoms with Crippen LogP contribution in [0.4, 0.5) is 11.5 Å². The number of nitrogens with one attached hydrogen (secondary N) is 1. The fraction of sp³-hybridized carbons (Fsp3) is 0. The Labute approximate surface area is 109 Å². The number of aromatic nitrogens is 2. The monoisotopic (exact) mass is 314 g/mol. The molecule has 2 aromatic rings. The Morgan fingerprint density at radius 3 is 2.88 bits per heavy atom. The van der Waals surface area contributed by atoms with Crippen LogP contribution in [0.15, 0.2) is 22.7 Å². The van der Waals surface area contributed by atoms with E-state index in [0.29, 0.717) is 22.2 Å². The predicted octanol–water partition coefficient (Wildman–Crippen LogP) is 3.57. The molecule has 1 aromatic heterocycles. The van der Waals surface area contributed by atoms with Crippen molar-refractivity contribution in [1.29, 1.82) is 5.26 Å². The van der Waals surface area contributed by atoms with Gasteiger partial charge in [0.15, 0.2) is 11.0 Å². The minimum Gasteiger partial charge on any atom is -0.336 e. The van der Waals surface area contributed by atoms with Crippen molar-refractivity contribution in [3.63, 3.8) is 0 Å². The van der Waals surface area contributed by atoms with Crippen molar-refractivity contribution < 1.29 is 0 Å². The third kappa shape index (κ3) is 2.32. The zero-order valence-electron chi connectivity index (χ0n) is 7.74. The molecule has 0 saturated carbocycles. The molecule has 0 aliphatic heterocycles. The number of nitrogens with zero attached hydrogens (tertiary/aromatic N) is 3. The maximum absolute atomic E-state index is 8.94. The number of benzene rings is 1. The van der Waals surface area contributed by atoms with E-state index in [-0.39, 0.29) is 0 Å². The fourth-order valence-electron chi connectivity index (χ4n) is 1.10. The van der Waals surface area contributed by atoms with E-state index in [1.807, 2.05) is 0 Å². The number of nitriles is 1. The first kappa shape index (κ1) is 11.3. The number of halogens is 2. The first-order valence-electron chi connectivity index (χ1n) is 4.15. The number of hydrogen-bond acceptors (Lipinski definition) is 5. The minimum absolute atomic E-state index is 0.300. The summed E-state index contributed by atoms with van der Waals surface area (Å²) < 4.78 is 8.68. The lowest BCUT2D eigenvalue weighted by atomic mass is 10.2. The summed E-state index contributed by atoms with van der Waals surface area (Å²) in [6.45, 7) is 0. The second-order valence-corrected chi connectivity index (χ2v) is 4.63. The molecule has 0 aliphatic carbocycles. The van der Waals surface area contributed by atoms with Crippen molar-refractivity contribution in [2.24, 2.45) is 0 Å². The van der Waals surface area contributed by atoms with Gasteiger partial charge in [0.1, 0.15) is 6.07 Å². The highest BCUT2D eigenvalue weighted by molar-refractivity contribution is 9.10. The lowest BCUT2D eigenvalue weighted by molar-refractivity contribution is 1.41. The lowest BCUT2D eigenvalue weighted by Gasteiger charge is -2.05. The van der Waals surface area contributed by atoms with E-state index in [0.717, 1.165) is 16.2 Å². The average Bonchev–Trinajstić information content (AvgIpc) is 2.65. The first-order valence-corrected chi connectivity index (χ1v) is 6.05. The van der Waals surface area contributed by atoms with Crippen molar-refractivity contribution in [3.05, 3.63) is 33.4 Å². The van der Waals surface area contributed by atoms with Crippen molar-refractivity contribution in [2.75, 3.05) is 5.32 Å². The van der Waals surface area contributed by atoms with Crippen molar-refractivity contribution in [2.45, 2.75) is 0 Å². The van der Waals surface area contributed by atoms with Crippen LogP contribution in [-0.2, 0) is 0 Å². The summed E-state index contributed by atoms with van der Waals surface area (Å²) in [6.07, 6.45) is 0. The van der Waals surface area contributed by atoms with Gasteiger partial charge in [0, 0.05) is 4.47 Å². The van der Waals surface area contributed by atoms with Gasteiger partial charge < -0.3 is 5.32 Å². The number of rotatable bonds is 2. The van der Waals surface area contributed by atoms with Crippen LogP contribution in [0.2, 0.25) is 5.15 Å². The number of anilines is 2. The van der Waals surface area contributed by atoms with Crippen LogP contribution < -0.4 is 5.32 Å². The Kier molecular flexibility index (Phi) is 3.39. The Bertz CT molecular complexity index is 563. The maximum atomic E-state index is 8.94. The molecule has 0 radical (unpaired) electrons. The smallest absolute Gasteiger partial charge is 0.187 e. The zero-order chi connectivity index (χ0) is 11.5. The molecule has 0 spiro atoms. The van der Waals surface area contributed by atoms with Crippen molar-refractivity contribution >= 4 is 50.8 Å². The maximum Gasteiger partial charge on any atom is 0.187 e. The second-order valence-electron chi connectivity index (χ2n) is 2.83. The van der Waals surface area contributed by atoms with Crippen molar-refractivity contribution in [1.82, 2.24) is 8.75 Å². The Balaban J connectivity index is 2.38. The standard InChI is InChI=1S/C9H4BrClN4S/c10-6-2-1-5(4-12)7(3-6)13-9-8(11)14-16-15-9/h1-3H,(H,13,15).